The molecule has 0 aliphatic heterocycles. The van der Waals surface area contributed by atoms with E-state index in [9.17, 15) is 9.90 Å². The minimum Gasteiger partial charge on any atom is -0.496 e. The maximum atomic E-state index is 11.7. The normalized spacial score (nSPS) is 10.9. The number of carboxylic acid groups (broad SMARTS) is 1. The summed E-state index contributed by atoms with van der Waals surface area (Å²) in [5, 5.41) is 10.4. The van der Waals surface area contributed by atoms with Crippen LogP contribution >= 0.6 is 11.3 Å². The van der Waals surface area contributed by atoms with Crippen LogP contribution in [0.4, 0.5) is 0 Å². The molecule has 0 bridgehead atoms. The summed E-state index contributed by atoms with van der Waals surface area (Å²) < 4.78 is 18.0. The molecule has 29 heavy (non-hydrogen) atoms. The fraction of sp³-hybridized carbons (Fsp3) is 0.348. The van der Waals surface area contributed by atoms with E-state index in [0.717, 1.165) is 27.8 Å². The van der Waals surface area contributed by atoms with E-state index in [2.05, 4.69) is 6.92 Å². The van der Waals surface area contributed by atoms with Crippen molar-refractivity contribution in [1.29, 1.82) is 0 Å². The molecular weight excluding hydrogens is 388 g/mol. The molecule has 0 spiro atoms. The van der Waals surface area contributed by atoms with Crippen molar-refractivity contribution in [2.75, 3.05) is 13.7 Å². The minimum absolute atomic E-state index is 0.170. The van der Waals surface area contributed by atoms with Gasteiger partial charge in [0.05, 0.1) is 13.7 Å². The van der Waals surface area contributed by atoms with Gasteiger partial charge in [-0.2, -0.15) is 0 Å². The average Bonchev–Trinajstić information content (AvgIpc) is 3.05. The van der Waals surface area contributed by atoms with E-state index in [4.69, 9.17) is 14.2 Å². The fourth-order valence-corrected chi connectivity index (χ4v) is 4.15. The highest BCUT2D eigenvalue weighted by molar-refractivity contribution is 7.21. The predicted octanol–water partition coefficient (Wildman–Crippen LogP) is 6.67. The highest BCUT2D eigenvalue weighted by atomic mass is 32.1. The third-order valence-corrected chi connectivity index (χ3v) is 5.79. The Balaban J connectivity index is 1.80. The van der Waals surface area contributed by atoms with E-state index in [1.54, 1.807) is 19.2 Å². The summed E-state index contributed by atoms with van der Waals surface area (Å²) in [5.41, 5.74) is 0.949. The Morgan fingerprint density at radius 1 is 1.07 bits per heavy atom. The Morgan fingerprint density at radius 2 is 1.79 bits per heavy atom. The van der Waals surface area contributed by atoms with Crippen molar-refractivity contribution >= 4 is 27.4 Å². The maximum absolute atomic E-state index is 11.7. The molecule has 3 rings (SSSR count). The number of carboxylic acids is 1. The molecule has 1 aromatic heterocycles. The smallest absolute Gasteiger partial charge is 0.349 e. The second kappa shape index (κ2) is 9.65. The molecule has 3 aromatic rings. The molecule has 154 valence electrons. The number of aryl methyl sites for hydroxylation is 1. The molecule has 0 aliphatic rings. The summed E-state index contributed by atoms with van der Waals surface area (Å²) in [6, 6.07) is 11.0. The first-order valence-electron chi connectivity index (χ1n) is 9.78. The molecule has 0 atom stereocenters. The molecule has 1 heterocycles. The third kappa shape index (κ3) is 5.01. The van der Waals surface area contributed by atoms with Gasteiger partial charge in [-0.05, 0) is 55.3 Å². The van der Waals surface area contributed by atoms with Crippen LogP contribution in [0.25, 0.3) is 10.1 Å². The Morgan fingerprint density at radius 3 is 2.45 bits per heavy atom. The Bertz CT molecular complexity index is 975. The number of aromatic carboxylic acids is 1. The van der Waals surface area contributed by atoms with E-state index in [1.165, 1.54) is 30.6 Å². The number of carbonyl (C=O) groups is 1. The number of thiophene rings is 1. The van der Waals surface area contributed by atoms with Gasteiger partial charge >= 0.3 is 5.97 Å². The highest BCUT2D eigenvalue weighted by Crippen LogP contribution is 2.43. The van der Waals surface area contributed by atoms with Gasteiger partial charge in [-0.25, -0.2) is 4.79 Å². The zero-order valence-electron chi connectivity index (χ0n) is 17.0. The molecule has 2 aromatic carbocycles. The summed E-state index contributed by atoms with van der Waals surface area (Å²) in [4.78, 5) is 11.9. The summed E-state index contributed by atoms with van der Waals surface area (Å²) in [6.07, 6.45) is 4.63. The van der Waals surface area contributed by atoms with Gasteiger partial charge in [-0.15, -0.1) is 11.3 Å². The predicted molar refractivity (Wildman–Crippen MR) is 116 cm³/mol. The van der Waals surface area contributed by atoms with Gasteiger partial charge in [0.2, 0.25) is 0 Å². The Kier molecular flexibility index (Phi) is 6.99. The molecule has 0 radical (unpaired) electrons. The second-order valence-electron chi connectivity index (χ2n) is 6.87. The van der Waals surface area contributed by atoms with Gasteiger partial charge < -0.3 is 19.3 Å². The largest absolute Gasteiger partial charge is 0.496 e. The van der Waals surface area contributed by atoms with E-state index < -0.39 is 5.97 Å². The van der Waals surface area contributed by atoms with Crippen LogP contribution in [0.1, 0.15) is 47.8 Å². The second-order valence-corrected chi connectivity index (χ2v) is 7.92. The van der Waals surface area contributed by atoms with Gasteiger partial charge in [0.15, 0.2) is 10.6 Å². The molecule has 0 amide bonds. The lowest BCUT2D eigenvalue weighted by Crippen LogP contribution is -1.98. The summed E-state index contributed by atoms with van der Waals surface area (Å²) in [5.74, 6) is 1.36. The van der Waals surface area contributed by atoms with Crippen molar-refractivity contribution in [3.8, 4) is 23.0 Å². The topological polar surface area (TPSA) is 65.0 Å². The van der Waals surface area contributed by atoms with Crippen LogP contribution in [0.2, 0.25) is 0 Å². The van der Waals surface area contributed by atoms with Gasteiger partial charge in [0.25, 0.3) is 0 Å². The molecule has 0 saturated carbocycles. The number of rotatable bonds is 10. The van der Waals surface area contributed by atoms with E-state index in [1.807, 2.05) is 31.2 Å². The first kappa shape index (κ1) is 21.0. The summed E-state index contributed by atoms with van der Waals surface area (Å²) in [6.45, 7) is 4.81. The first-order valence-corrected chi connectivity index (χ1v) is 10.6. The number of fused-ring (bicyclic) bond motifs is 1. The molecule has 0 unspecified atom stereocenters. The summed E-state index contributed by atoms with van der Waals surface area (Å²) >= 11 is 1.20. The molecule has 0 aliphatic carbocycles. The lowest BCUT2D eigenvalue weighted by Gasteiger charge is -2.10. The van der Waals surface area contributed by atoms with Crippen LogP contribution in [0.3, 0.4) is 0 Å². The lowest BCUT2D eigenvalue weighted by atomic mass is 10.1. The van der Waals surface area contributed by atoms with Crippen molar-refractivity contribution in [3.05, 3.63) is 46.8 Å². The minimum atomic E-state index is -1.01. The molecule has 0 saturated heterocycles. The van der Waals surface area contributed by atoms with Gasteiger partial charge in [-0.1, -0.05) is 26.2 Å². The molecular formula is C23H26O5S. The number of hydrogen-bond acceptors (Lipinski definition) is 5. The van der Waals surface area contributed by atoms with Crippen LogP contribution in [0, 0.1) is 6.92 Å². The van der Waals surface area contributed by atoms with Crippen molar-refractivity contribution in [1.82, 2.24) is 0 Å². The van der Waals surface area contributed by atoms with Crippen LogP contribution in [0.15, 0.2) is 36.4 Å². The number of unbranched alkanes of at least 4 members (excludes halogenated alkanes) is 3. The average molecular weight is 415 g/mol. The SMILES string of the molecule is CCCCCCOc1ccc(Oc2c(C(=O)O)sc3cc(C)c(OC)cc23)cc1. The molecule has 6 heteroatoms. The van der Waals surface area contributed by atoms with E-state index in [0.29, 0.717) is 23.9 Å². The lowest BCUT2D eigenvalue weighted by molar-refractivity contribution is 0.0700. The molecule has 5 nitrogen and oxygen atoms in total. The van der Waals surface area contributed by atoms with Crippen molar-refractivity contribution < 1.29 is 24.1 Å². The van der Waals surface area contributed by atoms with E-state index in [-0.39, 0.29) is 4.88 Å². The number of benzene rings is 2. The maximum Gasteiger partial charge on any atom is 0.349 e. The summed E-state index contributed by atoms with van der Waals surface area (Å²) in [7, 11) is 1.60. The highest BCUT2D eigenvalue weighted by Gasteiger charge is 2.21. The van der Waals surface area contributed by atoms with Crippen LogP contribution in [0.5, 0.6) is 23.0 Å². The molecule has 1 N–H and O–H groups in total. The zero-order chi connectivity index (χ0) is 20.8. The third-order valence-electron chi connectivity index (χ3n) is 4.66. The Labute approximate surface area is 174 Å². The van der Waals surface area contributed by atoms with Gasteiger partial charge in [0.1, 0.15) is 17.2 Å². The monoisotopic (exact) mass is 414 g/mol. The fourth-order valence-electron chi connectivity index (χ4n) is 3.10. The number of ether oxygens (including phenoxy) is 3. The van der Waals surface area contributed by atoms with E-state index >= 15 is 0 Å². The van der Waals surface area contributed by atoms with Crippen LogP contribution < -0.4 is 14.2 Å². The quantitative estimate of drug-likeness (QED) is 0.375. The van der Waals surface area contributed by atoms with Crippen LogP contribution in [-0.4, -0.2) is 24.8 Å². The Hall–Kier alpha value is -2.73. The van der Waals surface area contributed by atoms with Crippen molar-refractivity contribution in [3.63, 3.8) is 0 Å². The first-order chi connectivity index (χ1) is 14.0. The van der Waals surface area contributed by atoms with Gasteiger partial charge in [-0.3, -0.25) is 0 Å². The van der Waals surface area contributed by atoms with Crippen molar-refractivity contribution in [2.45, 2.75) is 39.5 Å². The number of methoxy groups -OCH3 is 1. The molecule has 0 fully saturated rings. The van der Waals surface area contributed by atoms with Crippen molar-refractivity contribution in [2.24, 2.45) is 0 Å². The van der Waals surface area contributed by atoms with Crippen LogP contribution in [-0.2, 0) is 0 Å². The zero-order valence-corrected chi connectivity index (χ0v) is 17.8. The standard InChI is InChI=1S/C23H26O5S/c1-4-5-6-7-12-27-16-8-10-17(11-9-16)28-21-18-14-19(26-3)15(2)13-20(18)29-22(21)23(24)25/h8-11,13-14H,4-7,12H2,1-3H3,(H,24,25). The number of hydrogen-bond donors (Lipinski definition) is 1. The van der Waals surface area contributed by atoms with Gasteiger partial charge in [0, 0.05) is 10.1 Å².